The summed E-state index contributed by atoms with van der Waals surface area (Å²) in [5.41, 5.74) is 0.925. The van der Waals surface area contributed by atoms with Gasteiger partial charge in [0.1, 0.15) is 22.9 Å². The predicted octanol–water partition coefficient (Wildman–Crippen LogP) is 3.34. The molecule has 0 atom stereocenters. The molecule has 0 unspecified atom stereocenters. The lowest BCUT2D eigenvalue weighted by Crippen LogP contribution is -2.27. The second-order valence-corrected chi connectivity index (χ2v) is 6.74. The summed E-state index contributed by atoms with van der Waals surface area (Å²) in [4.78, 5) is 22.4. The van der Waals surface area contributed by atoms with Crippen LogP contribution in [0.5, 0.6) is 0 Å². The van der Waals surface area contributed by atoms with Crippen molar-refractivity contribution in [2.24, 2.45) is 0 Å². The van der Waals surface area contributed by atoms with Gasteiger partial charge < -0.3 is 9.32 Å². The SMILES string of the molecule is Cc1ccc(CN(C)C(=O)CSc2ncnc3ccsc23)o1. The number of thioether (sulfide) groups is 1. The molecule has 114 valence electrons. The molecule has 3 aromatic heterocycles. The van der Waals surface area contributed by atoms with Crippen LogP contribution in [0.25, 0.3) is 10.2 Å². The summed E-state index contributed by atoms with van der Waals surface area (Å²) in [7, 11) is 1.78. The number of hydrogen-bond acceptors (Lipinski definition) is 6. The van der Waals surface area contributed by atoms with Crippen molar-refractivity contribution in [1.29, 1.82) is 0 Å². The highest BCUT2D eigenvalue weighted by molar-refractivity contribution is 8.00. The number of furan rings is 1. The number of fused-ring (bicyclic) bond motifs is 1. The van der Waals surface area contributed by atoms with Crippen LogP contribution < -0.4 is 0 Å². The van der Waals surface area contributed by atoms with Crippen LogP contribution in [-0.2, 0) is 11.3 Å². The highest BCUT2D eigenvalue weighted by Gasteiger charge is 2.13. The number of rotatable bonds is 5. The van der Waals surface area contributed by atoms with Crippen molar-refractivity contribution in [3.63, 3.8) is 0 Å². The van der Waals surface area contributed by atoms with Crippen LogP contribution in [0.2, 0.25) is 0 Å². The molecule has 3 heterocycles. The Morgan fingerprint density at radius 3 is 3.00 bits per heavy atom. The van der Waals surface area contributed by atoms with E-state index in [1.807, 2.05) is 30.5 Å². The Hall–Kier alpha value is -1.86. The third kappa shape index (κ3) is 3.31. The first-order valence-corrected chi connectivity index (χ1v) is 8.60. The largest absolute Gasteiger partial charge is 0.464 e. The fourth-order valence-corrected chi connectivity index (χ4v) is 3.89. The standard InChI is InChI=1S/C15H15N3O2S2/c1-10-3-4-11(20-10)7-18(2)13(19)8-22-15-14-12(5-6-21-14)16-9-17-15/h3-6,9H,7-8H2,1-2H3. The topological polar surface area (TPSA) is 59.2 Å². The Morgan fingerprint density at radius 2 is 2.23 bits per heavy atom. The molecule has 0 radical (unpaired) electrons. The smallest absolute Gasteiger partial charge is 0.233 e. The summed E-state index contributed by atoms with van der Waals surface area (Å²) < 4.78 is 6.53. The quantitative estimate of drug-likeness (QED) is 0.529. The minimum Gasteiger partial charge on any atom is -0.464 e. The van der Waals surface area contributed by atoms with Gasteiger partial charge in [-0.15, -0.1) is 11.3 Å². The second-order valence-electron chi connectivity index (χ2n) is 4.86. The van der Waals surface area contributed by atoms with Crippen molar-refractivity contribution in [2.45, 2.75) is 18.5 Å². The van der Waals surface area contributed by atoms with Crippen molar-refractivity contribution in [3.05, 3.63) is 41.4 Å². The fourth-order valence-electron chi connectivity index (χ4n) is 2.00. The lowest BCUT2D eigenvalue weighted by molar-refractivity contribution is -0.127. The van der Waals surface area contributed by atoms with Crippen LogP contribution in [0.4, 0.5) is 0 Å². The lowest BCUT2D eigenvalue weighted by Gasteiger charge is -2.15. The maximum atomic E-state index is 12.2. The first-order chi connectivity index (χ1) is 10.6. The molecule has 22 heavy (non-hydrogen) atoms. The van der Waals surface area contributed by atoms with Crippen LogP contribution in [-0.4, -0.2) is 33.6 Å². The first kappa shape index (κ1) is 15.1. The summed E-state index contributed by atoms with van der Waals surface area (Å²) in [6, 6.07) is 5.75. The van der Waals surface area contributed by atoms with Crippen LogP contribution in [0, 0.1) is 6.92 Å². The van der Waals surface area contributed by atoms with E-state index < -0.39 is 0 Å². The van der Waals surface area contributed by atoms with E-state index in [4.69, 9.17) is 4.42 Å². The molecule has 3 rings (SSSR count). The Morgan fingerprint density at radius 1 is 1.36 bits per heavy atom. The molecule has 0 saturated carbocycles. The van der Waals surface area contributed by atoms with Gasteiger partial charge in [0.2, 0.25) is 5.91 Å². The molecule has 0 N–H and O–H groups in total. The van der Waals surface area contributed by atoms with Gasteiger partial charge in [-0.25, -0.2) is 9.97 Å². The van der Waals surface area contributed by atoms with Gasteiger partial charge in [-0.3, -0.25) is 4.79 Å². The van der Waals surface area contributed by atoms with Crippen LogP contribution in [0.1, 0.15) is 11.5 Å². The van der Waals surface area contributed by atoms with Crippen molar-refractivity contribution in [3.8, 4) is 0 Å². The predicted molar refractivity (Wildman–Crippen MR) is 88.1 cm³/mol. The zero-order valence-electron chi connectivity index (χ0n) is 12.3. The zero-order chi connectivity index (χ0) is 15.5. The molecule has 3 aromatic rings. The summed E-state index contributed by atoms with van der Waals surface area (Å²) >= 11 is 3.04. The molecule has 0 aliphatic rings. The third-order valence-electron chi connectivity index (χ3n) is 3.16. The Balaban J connectivity index is 1.61. The van der Waals surface area contributed by atoms with E-state index in [2.05, 4.69) is 9.97 Å². The van der Waals surface area contributed by atoms with Gasteiger partial charge >= 0.3 is 0 Å². The molecule has 0 saturated heterocycles. The van der Waals surface area contributed by atoms with E-state index in [0.29, 0.717) is 12.3 Å². The number of carbonyl (C=O) groups excluding carboxylic acids is 1. The van der Waals surface area contributed by atoms with E-state index in [1.165, 1.54) is 18.1 Å². The number of carbonyl (C=O) groups is 1. The van der Waals surface area contributed by atoms with E-state index in [0.717, 1.165) is 26.8 Å². The highest BCUT2D eigenvalue weighted by atomic mass is 32.2. The number of nitrogens with zero attached hydrogens (tertiary/aromatic N) is 3. The maximum absolute atomic E-state index is 12.2. The molecule has 0 bridgehead atoms. The van der Waals surface area contributed by atoms with E-state index in [1.54, 1.807) is 23.3 Å². The summed E-state index contributed by atoms with van der Waals surface area (Å²) in [5, 5.41) is 2.84. The number of aryl methyl sites for hydroxylation is 1. The van der Waals surface area contributed by atoms with Gasteiger partial charge in [-0.05, 0) is 30.5 Å². The normalized spacial score (nSPS) is 11.0. The molecule has 0 spiro atoms. The molecule has 0 aromatic carbocycles. The van der Waals surface area contributed by atoms with Crippen LogP contribution >= 0.6 is 23.1 Å². The first-order valence-electron chi connectivity index (χ1n) is 6.74. The molecule has 0 aliphatic carbocycles. The van der Waals surface area contributed by atoms with Gasteiger partial charge in [0.25, 0.3) is 0 Å². The minimum absolute atomic E-state index is 0.0439. The van der Waals surface area contributed by atoms with Crippen molar-refractivity contribution >= 4 is 39.2 Å². The molecule has 5 nitrogen and oxygen atoms in total. The molecule has 1 amide bonds. The van der Waals surface area contributed by atoms with E-state index in [-0.39, 0.29) is 5.91 Å². The van der Waals surface area contributed by atoms with E-state index >= 15 is 0 Å². The van der Waals surface area contributed by atoms with E-state index in [9.17, 15) is 4.79 Å². The third-order valence-corrected chi connectivity index (χ3v) is 5.17. The van der Waals surface area contributed by atoms with Crippen LogP contribution in [0.15, 0.2) is 39.3 Å². The zero-order valence-corrected chi connectivity index (χ0v) is 13.9. The van der Waals surface area contributed by atoms with Crippen molar-refractivity contribution in [1.82, 2.24) is 14.9 Å². The Labute approximate surface area is 136 Å². The Bertz CT molecular complexity index is 797. The van der Waals surface area contributed by atoms with Gasteiger partial charge in [-0.1, -0.05) is 11.8 Å². The number of aromatic nitrogens is 2. The summed E-state index contributed by atoms with van der Waals surface area (Å²) in [6.45, 7) is 2.37. The molecule has 0 aliphatic heterocycles. The monoisotopic (exact) mass is 333 g/mol. The average molecular weight is 333 g/mol. The number of thiophene rings is 1. The van der Waals surface area contributed by atoms with Gasteiger partial charge in [0.05, 0.1) is 22.5 Å². The number of amides is 1. The van der Waals surface area contributed by atoms with Crippen molar-refractivity contribution in [2.75, 3.05) is 12.8 Å². The van der Waals surface area contributed by atoms with Crippen LogP contribution in [0.3, 0.4) is 0 Å². The Kier molecular flexibility index (Phi) is 4.44. The average Bonchev–Trinajstić information content (AvgIpc) is 3.13. The maximum Gasteiger partial charge on any atom is 0.233 e. The van der Waals surface area contributed by atoms with Gasteiger partial charge in [0.15, 0.2) is 0 Å². The highest BCUT2D eigenvalue weighted by Crippen LogP contribution is 2.28. The molecule has 7 heteroatoms. The number of hydrogen-bond donors (Lipinski definition) is 0. The second kappa shape index (κ2) is 6.50. The van der Waals surface area contributed by atoms with Gasteiger partial charge in [-0.2, -0.15) is 0 Å². The minimum atomic E-state index is 0.0439. The summed E-state index contributed by atoms with van der Waals surface area (Å²) in [6.07, 6.45) is 1.54. The molecular weight excluding hydrogens is 318 g/mol. The van der Waals surface area contributed by atoms with Gasteiger partial charge in [0, 0.05) is 7.05 Å². The summed E-state index contributed by atoms with van der Waals surface area (Å²) in [5.74, 6) is 2.04. The lowest BCUT2D eigenvalue weighted by atomic mass is 10.4. The molecular formula is C15H15N3O2S2. The fraction of sp³-hybridized carbons (Fsp3) is 0.267. The van der Waals surface area contributed by atoms with Crippen molar-refractivity contribution < 1.29 is 9.21 Å². The molecule has 0 fully saturated rings.